The molecule has 52 heavy (non-hydrogen) atoms. The number of aromatic nitrogens is 4. The Morgan fingerprint density at radius 2 is 0.904 bits per heavy atom. The summed E-state index contributed by atoms with van der Waals surface area (Å²) in [5.41, 5.74) is 9.16. The van der Waals surface area contributed by atoms with Crippen LogP contribution in [0.2, 0.25) is 0 Å². The zero-order chi connectivity index (χ0) is 34.4. The Labute approximate surface area is 304 Å². The van der Waals surface area contributed by atoms with Gasteiger partial charge in [0.2, 0.25) is 0 Å². The van der Waals surface area contributed by atoms with Crippen LogP contribution in [0.15, 0.2) is 176 Å². The normalized spacial score (nSPS) is 11.5. The highest BCUT2D eigenvalue weighted by atomic mass is 32.1. The topological polar surface area (TPSA) is 54.8 Å². The Morgan fingerprint density at radius 3 is 1.46 bits per heavy atom. The average Bonchev–Trinajstić information content (AvgIpc) is 3.61. The van der Waals surface area contributed by atoms with Crippen molar-refractivity contribution in [2.75, 3.05) is 4.90 Å². The van der Waals surface area contributed by atoms with E-state index in [1.807, 2.05) is 24.5 Å². The second-order valence-corrected chi connectivity index (χ2v) is 13.8. The van der Waals surface area contributed by atoms with Gasteiger partial charge in [-0.1, -0.05) is 103 Å². The van der Waals surface area contributed by atoms with Gasteiger partial charge < -0.3 is 4.90 Å². The lowest BCUT2D eigenvalue weighted by molar-refractivity contribution is 1.23. The first kappa shape index (κ1) is 30.1. The van der Waals surface area contributed by atoms with Crippen molar-refractivity contribution in [2.45, 2.75) is 0 Å². The number of pyridine rings is 2. The van der Waals surface area contributed by atoms with E-state index in [0.29, 0.717) is 0 Å². The van der Waals surface area contributed by atoms with Crippen molar-refractivity contribution >= 4 is 70.2 Å². The predicted molar refractivity (Wildman–Crippen MR) is 217 cm³/mol. The summed E-state index contributed by atoms with van der Waals surface area (Å²) in [6.07, 6.45) is 5.57. The molecule has 6 heteroatoms. The highest BCUT2D eigenvalue weighted by Gasteiger charge is 2.17. The highest BCUT2D eigenvalue weighted by molar-refractivity contribution is 7.25. The van der Waals surface area contributed by atoms with Gasteiger partial charge in [-0.3, -0.25) is 9.97 Å². The fourth-order valence-corrected chi connectivity index (χ4v) is 8.08. The molecule has 0 aliphatic carbocycles. The largest absolute Gasteiger partial charge is 0.311 e. The van der Waals surface area contributed by atoms with Crippen molar-refractivity contribution in [3.63, 3.8) is 0 Å². The molecule has 0 radical (unpaired) electrons. The summed E-state index contributed by atoms with van der Waals surface area (Å²) in [6.45, 7) is 0. The lowest BCUT2D eigenvalue weighted by Crippen LogP contribution is -2.10. The lowest BCUT2D eigenvalue weighted by atomic mass is 10.0. The van der Waals surface area contributed by atoms with Crippen molar-refractivity contribution in [3.05, 3.63) is 176 Å². The van der Waals surface area contributed by atoms with Crippen molar-refractivity contribution in [1.82, 2.24) is 19.9 Å². The van der Waals surface area contributed by atoms with E-state index in [1.54, 1.807) is 17.7 Å². The SMILES string of the molecule is c1ccc2cc(-c3ccc(N(c4ccc(-c5cc6ccccc6cn5)cc4)c4ccc(-c5ncnc6sc7ccccc7c56)cc4)cc3)ncc2c1. The summed E-state index contributed by atoms with van der Waals surface area (Å²) in [7, 11) is 0. The minimum atomic E-state index is 0.944. The van der Waals surface area contributed by atoms with Crippen molar-refractivity contribution in [1.29, 1.82) is 0 Å². The van der Waals surface area contributed by atoms with E-state index in [2.05, 4.69) is 155 Å². The maximum Gasteiger partial charge on any atom is 0.128 e. The van der Waals surface area contributed by atoms with Crippen LogP contribution in [-0.2, 0) is 0 Å². The van der Waals surface area contributed by atoms with E-state index in [-0.39, 0.29) is 0 Å². The van der Waals surface area contributed by atoms with Crippen LogP contribution >= 0.6 is 11.3 Å². The molecule has 0 atom stereocenters. The average molecular weight is 684 g/mol. The molecule has 6 aromatic carbocycles. The molecular weight excluding hydrogens is 655 g/mol. The zero-order valence-electron chi connectivity index (χ0n) is 27.9. The summed E-state index contributed by atoms with van der Waals surface area (Å²) < 4.78 is 1.21. The first-order valence-electron chi connectivity index (χ1n) is 17.2. The number of rotatable bonds is 6. The first-order chi connectivity index (χ1) is 25.7. The molecule has 5 nitrogen and oxygen atoms in total. The number of fused-ring (bicyclic) bond motifs is 5. The third kappa shape index (κ3) is 5.34. The summed E-state index contributed by atoms with van der Waals surface area (Å²) in [4.78, 5) is 22.2. The number of thiophene rings is 1. The van der Waals surface area contributed by atoms with Crippen LogP contribution in [0, 0.1) is 0 Å². The summed E-state index contributed by atoms with van der Waals surface area (Å²) >= 11 is 1.70. The maximum absolute atomic E-state index is 4.78. The van der Waals surface area contributed by atoms with Gasteiger partial charge in [0.05, 0.1) is 17.1 Å². The Balaban J connectivity index is 1.04. The van der Waals surface area contributed by atoms with Gasteiger partial charge in [-0.25, -0.2) is 9.97 Å². The van der Waals surface area contributed by atoms with E-state index in [9.17, 15) is 0 Å². The van der Waals surface area contributed by atoms with Crippen molar-refractivity contribution < 1.29 is 0 Å². The van der Waals surface area contributed by atoms with Crippen LogP contribution in [0.25, 0.3) is 75.6 Å². The summed E-state index contributed by atoms with van der Waals surface area (Å²) in [5, 5.41) is 6.91. The van der Waals surface area contributed by atoms with E-state index in [4.69, 9.17) is 15.0 Å². The Bertz CT molecular complexity index is 2780. The van der Waals surface area contributed by atoms with Crippen LogP contribution < -0.4 is 4.90 Å². The molecular formula is C46H29N5S. The molecule has 0 spiro atoms. The molecule has 0 N–H and O–H groups in total. The van der Waals surface area contributed by atoms with Gasteiger partial charge in [0.25, 0.3) is 0 Å². The smallest absolute Gasteiger partial charge is 0.128 e. The fraction of sp³-hybridized carbons (Fsp3) is 0. The number of hydrogen-bond acceptors (Lipinski definition) is 6. The molecule has 0 aliphatic heterocycles. The van der Waals surface area contributed by atoms with Crippen LogP contribution in [0.4, 0.5) is 17.1 Å². The van der Waals surface area contributed by atoms with Gasteiger partial charge in [0.15, 0.2) is 0 Å². The minimum Gasteiger partial charge on any atom is -0.311 e. The molecule has 0 fully saturated rings. The standard InChI is InChI=1S/C46H29N5S/c1-3-9-35-27-47-41(25-33(35)7-1)30-13-19-37(20-14-30)51(38-21-15-31(16-22-38)42-26-34-8-2-4-10-36(34)28-48-42)39-23-17-32(18-24-39)45-44-40-11-5-6-12-43(40)52-46(44)50-29-49-45/h1-29H. The summed E-state index contributed by atoms with van der Waals surface area (Å²) in [5.74, 6) is 0. The molecule has 0 saturated carbocycles. The van der Waals surface area contributed by atoms with E-state index in [0.717, 1.165) is 71.8 Å². The van der Waals surface area contributed by atoms with Crippen molar-refractivity contribution in [3.8, 4) is 33.8 Å². The van der Waals surface area contributed by atoms with Gasteiger partial charge in [-0.15, -0.1) is 11.3 Å². The monoisotopic (exact) mass is 683 g/mol. The molecule has 10 aromatic rings. The van der Waals surface area contributed by atoms with Crippen molar-refractivity contribution in [2.24, 2.45) is 0 Å². The Morgan fingerprint density at radius 1 is 0.423 bits per heavy atom. The third-order valence-electron chi connectivity index (χ3n) is 9.68. The number of benzene rings is 6. The van der Waals surface area contributed by atoms with Gasteiger partial charge in [-0.05, 0) is 65.4 Å². The van der Waals surface area contributed by atoms with Gasteiger partial charge in [-0.2, -0.15) is 0 Å². The zero-order valence-corrected chi connectivity index (χ0v) is 28.7. The number of nitrogens with zero attached hydrogens (tertiary/aromatic N) is 5. The molecule has 0 unspecified atom stereocenters. The molecule has 0 amide bonds. The van der Waals surface area contributed by atoms with Gasteiger partial charge >= 0.3 is 0 Å². The second-order valence-electron chi connectivity index (χ2n) is 12.8. The molecule has 10 rings (SSSR count). The van der Waals surface area contributed by atoms with Crippen LogP contribution in [0.1, 0.15) is 0 Å². The van der Waals surface area contributed by atoms with Crippen LogP contribution in [0.5, 0.6) is 0 Å². The second kappa shape index (κ2) is 12.5. The van der Waals surface area contributed by atoms with E-state index < -0.39 is 0 Å². The maximum atomic E-state index is 4.78. The molecule has 4 aromatic heterocycles. The fourth-order valence-electron chi connectivity index (χ4n) is 7.04. The Kier molecular flexibility index (Phi) is 7.25. The predicted octanol–water partition coefficient (Wildman–Crippen LogP) is 12.4. The third-order valence-corrected chi connectivity index (χ3v) is 10.8. The number of hydrogen-bond donors (Lipinski definition) is 0. The molecule has 244 valence electrons. The Hall–Kier alpha value is -6.76. The first-order valence-corrected chi connectivity index (χ1v) is 18.0. The van der Waals surface area contributed by atoms with Crippen LogP contribution in [-0.4, -0.2) is 19.9 Å². The molecule has 0 aliphatic rings. The number of anilines is 3. The molecule has 4 heterocycles. The van der Waals surface area contributed by atoms with E-state index in [1.165, 1.54) is 20.9 Å². The molecule has 0 bridgehead atoms. The molecule has 0 saturated heterocycles. The van der Waals surface area contributed by atoms with E-state index >= 15 is 0 Å². The van der Waals surface area contributed by atoms with Gasteiger partial charge in [0.1, 0.15) is 11.2 Å². The quantitative estimate of drug-likeness (QED) is 0.175. The minimum absolute atomic E-state index is 0.944. The van der Waals surface area contributed by atoms with Gasteiger partial charge in [0, 0.05) is 72.4 Å². The summed E-state index contributed by atoms with van der Waals surface area (Å²) in [6, 6.07) is 55.4. The van der Waals surface area contributed by atoms with Crippen LogP contribution in [0.3, 0.4) is 0 Å². The highest BCUT2D eigenvalue weighted by Crippen LogP contribution is 2.40. The lowest BCUT2D eigenvalue weighted by Gasteiger charge is -2.26.